The molecule has 2 heterocycles. The van der Waals surface area contributed by atoms with E-state index in [-0.39, 0.29) is 15.2 Å². The zero-order valence-electron chi connectivity index (χ0n) is 14.6. The Balaban J connectivity index is 2.31. The molecule has 0 spiro atoms. The summed E-state index contributed by atoms with van der Waals surface area (Å²) < 4.78 is 22.1. The lowest BCUT2D eigenvalue weighted by Gasteiger charge is -2.39. The summed E-state index contributed by atoms with van der Waals surface area (Å²) in [5.74, 6) is -1.70. The van der Waals surface area contributed by atoms with E-state index in [9.17, 15) is 14.7 Å². The molecule has 9 heteroatoms. The Morgan fingerprint density at radius 1 is 1.38 bits per heavy atom. The molecule has 1 aromatic heterocycles. The van der Waals surface area contributed by atoms with Crippen LogP contribution in [0.2, 0.25) is 0 Å². The largest absolute Gasteiger partial charge is 0.492 e. The SMILES string of the molecule is COc1c(N2CCN(C)CC2I)c(F)cc2c(=O)c(C(=O)O)cn(C)c12. The van der Waals surface area contributed by atoms with Gasteiger partial charge in [0.1, 0.15) is 11.3 Å². The first kappa shape index (κ1) is 18.9. The third kappa shape index (κ3) is 3.02. The van der Waals surface area contributed by atoms with Crippen molar-refractivity contribution in [2.24, 2.45) is 7.05 Å². The zero-order chi connectivity index (χ0) is 19.2. The van der Waals surface area contributed by atoms with Gasteiger partial charge >= 0.3 is 5.97 Å². The van der Waals surface area contributed by atoms with Crippen LogP contribution in [0.3, 0.4) is 0 Å². The predicted octanol–water partition coefficient (Wildman–Crippen LogP) is 1.90. The first-order valence-corrected chi connectivity index (χ1v) is 9.23. The topological polar surface area (TPSA) is 75.0 Å². The lowest BCUT2D eigenvalue weighted by Crippen LogP contribution is -2.49. The van der Waals surface area contributed by atoms with Gasteiger partial charge in [0, 0.05) is 32.9 Å². The number of methoxy groups -OCH3 is 1. The van der Waals surface area contributed by atoms with Gasteiger partial charge in [-0.1, -0.05) is 22.6 Å². The second-order valence-electron chi connectivity index (χ2n) is 6.31. The van der Waals surface area contributed by atoms with Crippen LogP contribution in [0, 0.1) is 5.82 Å². The molecule has 140 valence electrons. The number of carboxylic acid groups (broad SMARTS) is 1. The van der Waals surface area contributed by atoms with Gasteiger partial charge in [-0.2, -0.15) is 0 Å². The number of ether oxygens (including phenoxy) is 1. The Morgan fingerprint density at radius 3 is 2.65 bits per heavy atom. The molecule has 7 nitrogen and oxygen atoms in total. The van der Waals surface area contributed by atoms with Gasteiger partial charge in [0.15, 0.2) is 11.6 Å². The number of aromatic nitrogens is 1. The van der Waals surface area contributed by atoms with Crippen molar-refractivity contribution < 1.29 is 19.0 Å². The number of pyridine rings is 1. The molecule has 0 bridgehead atoms. The number of aryl methyl sites for hydroxylation is 1. The molecule has 26 heavy (non-hydrogen) atoms. The summed E-state index contributed by atoms with van der Waals surface area (Å²) in [6, 6.07) is 1.11. The number of anilines is 1. The summed E-state index contributed by atoms with van der Waals surface area (Å²) in [4.78, 5) is 27.9. The number of alkyl halides is 1. The zero-order valence-corrected chi connectivity index (χ0v) is 16.8. The van der Waals surface area contributed by atoms with Gasteiger partial charge in [-0.05, 0) is 13.1 Å². The molecule has 1 aliphatic rings. The van der Waals surface area contributed by atoms with Crippen molar-refractivity contribution in [1.29, 1.82) is 0 Å². The third-order valence-corrected chi connectivity index (χ3v) is 5.66. The minimum absolute atomic E-state index is 0.00960. The molecule has 1 aliphatic heterocycles. The first-order chi connectivity index (χ1) is 12.3. The summed E-state index contributed by atoms with van der Waals surface area (Å²) in [6.45, 7) is 2.15. The van der Waals surface area contributed by atoms with Gasteiger partial charge in [0.2, 0.25) is 5.43 Å². The van der Waals surface area contributed by atoms with Crippen LogP contribution in [-0.4, -0.2) is 58.4 Å². The third-order valence-electron chi connectivity index (χ3n) is 4.59. The smallest absolute Gasteiger partial charge is 0.341 e. The van der Waals surface area contributed by atoms with Gasteiger partial charge in [-0.15, -0.1) is 0 Å². The maximum absolute atomic E-state index is 15.0. The summed E-state index contributed by atoms with van der Waals surface area (Å²) in [5, 5.41) is 9.20. The van der Waals surface area contributed by atoms with Crippen LogP contribution in [0.5, 0.6) is 5.75 Å². The van der Waals surface area contributed by atoms with Crippen molar-refractivity contribution in [3.8, 4) is 5.75 Å². The molecule has 1 atom stereocenters. The summed E-state index contributed by atoms with van der Waals surface area (Å²) >= 11 is 2.26. The lowest BCUT2D eigenvalue weighted by molar-refractivity contribution is 0.0695. The molecule has 0 amide bonds. The van der Waals surface area contributed by atoms with Crippen LogP contribution in [0.4, 0.5) is 10.1 Å². The van der Waals surface area contributed by atoms with Crippen molar-refractivity contribution in [1.82, 2.24) is 9.47 Å². The van der Waals surface area contributed by atoms with E-state index >= 15 is 4.39 Å². The average Bonchev–Trinajstić information content (AvgIpc) is 2.57. The van der Waals surface area contributed by atoms with Gasteiger partial charge in [-0.3, -0.25) is 4.79 Å². The summed E-state index contributed by atoms with van der Waals surface area (Å²) in [5.41, 5.74) is -0.452. The quantitative estimate of drug-likeness (QED) is 0.416. The molecule has 0 saturated carbocycles. The number of carbonyl (C=O) groups is 1. The minimum atomic E-state index is -1.35. The Kier molecular flexibility index (Phi) is 5.11. The molecule has 2 aromatic rings. The van der Waals surface area contributed by atoms with Crippen LogP contribution in [0.1, 0.15) is 10.4 Å². The highest BCUT2D eigenvalue weighted by Gasteiger charge is 2.30. The molecule has 1 N–H and O–H groups in total. The number of benzene rings is 1. The minimum Gasteiger partial charge on any atom is -0.492 e. The van der Waals surface area contributed by atoms with E-state index in [1.807, 2.05) is 11.9 Å². The maximum Gasteiger partial charge on any atom is 0.341 e. The highest BCUT2D eigenvalue weighted by Crippen LogP contribution is 2.40. The number of hydrogen-bond acceptors (Lipinski definition) is 5. The Labute approximate surface area is 163 Å². The van der Waals surface area contributed by atoms with E-state index in [0.717, 1.165) is 19.2 Å². The number of fused-ring (bicyclic) bond motifs is 1. The van der Waals surface area contributed by atoms with Crippen LogP contribution in [-0.2, 0) is 7.05 Å². The van der Waals surface area contributed by atoms with Crippen LogP contribution >= 0.6 is 22.6 Å². The van der Waals surface area contributed by atoms with E-state index in [1.54, 1.807) is 7.05 Å². The summed E-state index contributed by atoms with van der Waals surface area (Å²) in [7, 11) is 5.05. The summed E-state index contributed by atoms with van der Waals surface area (Å²) in [6.07, 6.45) is 1.24. The van der Waals surface area contributed by atoms with E-state index in [4.69, 9.17) is 4.74 Å². The van der Waals surface area contributed by atoms with Crippen LogP contribution < -0.4 is 15.1 Å². The first-order valence-electron chi connectivity index (χ1n) is 7.98. The van der Waals surface area contributed by atoms with Crippen molar-refractivity contribution in [3.05, 3.63) is 33.9 Å². The van der Waals surface area contributed by atoms with Crippen molar-refractivity contribution in [3.63, 3.8) is 0 Å². The van der Waals surface area contributed by atoms with Gasteiger partial charge < -0.3 is 24.2 Å². The van der Waals surface area contributed by atoms with E-state index in [2.05, 4.69) is 27.5 Å². The molecule has 3 rings (SSSR count). The van der Waals surface area contributed by atoms with E-state index in [0.29, 0.717) is 17.7 Å². The van der Waals surface area contributed by atoms with Gasteiger partial charge in [-0.25, -0.2) is 9.18 Å². The van der Waals surface area contributed by atoms with Gasteiger partial charge in [0.25, 0.3) is 0 Å². The highest BCUT2D eigenvalue weighted by atomic mass is 127. The number of carboxylic acids is 1. The molecular weight excluding hydrogens is 456 g/mol. The number of halogens is 2. The van der Waals surface area contributed by atoms with Crippen LogP contribution in [0.15, 0.2) is 17.1 Å². The normalized spacial score (nSPS) is 18.3. The fraction of sp³-hybridized carbons (Fsp3) is 0.412. The van der Waals surface area contributed by atoms with E-state index < -0.39 is 22.8 Å². The number of aromatic carboxylic acids is 1. The maximum atomic E-state index is 15.0. The number of rotatable bonds is 3. The standard InChI is InChI=1S/C17H19FIN3O4/c1-20-4-5-22(12(19)8-20)14-11(18)6-9-13(16(14)26-3)21(2)7-10(15(9)23)17(24)25/h6-7,12H,4-5,8H2,1-3H3,(H,24,25). The molecule has 1 unspecified atom stereocenters. The number of likely N-dealkylation sites (N-methyl/N-ethyl adjacent to an activating group) is 1. The predicted molar refractivity (Wildman–Crippen MR) is 105 cm³/mol. The fourth-order valence-corrected chi connectivity index (χ4v) is 4.55. The number of piperazine rings is 1. The van der Waals surface area contributed by atoms with Crippen molar-refractivity contribution >= 4 is 45.2 Å². The van der Waals surface area contributed by atoms with E-state index in [1.165, 1.54) is 17.9 Å². The fourth-order valence-electron chi connectivity index (χ4n) is 3.32. The second-order valence-corrected chi connectivity index (χ2v) is 7.75. The number of nitrogens with zero attached hydrogens (tertiary/aromatic N) is 3. The molecular formula is C17H19FIN3O4. The Morgan fingerprint density at radius 2 is 2.08 bits per heavy atom. The lowest BCUT2D eigenvalue weighted by atomic mass is 10.1. The molecule has 0 radical (unpaired) electrons. The molecule has 1 fully saturated rings. The highest BCUT2D eigenvalue weighted by molar-refractivity contribution is 14.1. The Bertz CT molecular complexity index is 946. The number of hydrogen-bond donors (Lipinski definition) is 1. The Hall–Kier alpha value is -1.88. The van der Waals surface area contributed by atoms with Crippen LogP contribution in [0.25, 0.3) is 10.9 Å². The van der Waals surface area contributed by atoms with Crippen molar-refractivity contribution in [2.45, 2.75) is 4.05 Å². The molecule has 1 saturated heterocycles. The molecule has 1 aromatic carbocycles. The second kappa shape index (κ2) is 7.03. The molecule has 0 aliphatic carbocycles. The monoisotopic (exact) mass is 475 g/mol. The average molecular weight is 475 g/mol. The van der Waals surface area contributed by atoms with Gasteiger partial charge in [0.05, 0.1) is 22.1 Å². The van der Waals surface area contributed by atoms with Crippen molar-refractivity contribution in [2.75, 3.05) is 38.7 Å².